The van der Waals surface area contributed by atoms with E-state index in [9.17, 15) is 36.0 Å². The van der Waals surface area contributed by atoms with Crippen LogP contribution in [0, 0.1) is 0 Å². The molecule has 0 radical (unpaired) electrons. The lowest BCUT2D eigenvalue weighted by atomic mass is 10.1. The van der Waals surface area contributed by atoms with Crippen molar-refractivity contribution < 1.29 is 36.0 Å². The van der Waals surface area contributed by atoms with Gasteiger partial charge in [-0.15, -0.1) is 0 Å². The topological polar surface area (TPSA) is 118 Å². The Balaban J connectivity index is 1.58. The van der Waals surface area contributed by atoms with Crippen molar-refractivity contribution in [1.82, 2.24) is 19.4 Å². The third-order valence-electron chi connectivity index (χ3n) is 5.13. The van der Waals surface area contributed by atoms with Crippen LogP contribution in [0.2, 0.25) is 5.02 Å². The first-order chi connectivity index (χ1) is 17.2. The van der Waals surface area contributed by atoms with Crippen molar-refractivity contribution in [2.24, 2.45) is 0 Å². The number of sulfonamides is 1. The highest BCUT2D eigenvalue weighted by atomic mass is 35.5. The summed E-state index contributed by atoms with van der Waals surface area (Å²) in [5, 5.41) is 3.88. The molecule has 0 bridgehead atoms. The molecule has 0 saturated carbocycles. The molecule has 2 heterocycles. The number of carbonyl (C=O) groups excluding carboxylic acids is 3. The predicted octanol–water partition coefficient (Wildman–Crippen LogP) is 4.22. The number of rotatable bonds is 6. The molecule has 15 heteroatoms. The van der Waals surface area contributed by atoms with Gasteiger partial charge < -0.3 is 0 Å². The Labute approximate surface area is 217 Å². The van der Waals surface area contributed by atoms with Gasteiger partial charge in [0.25, 0.3) is 21.2 Å². The monoisotopic (exact) mass is 572 g/mol. The van der Waals surface area contributed by atoms with Crippen LogP contribution >= 0.6 is 23.4 Å². The highest BCUT2D eigenvalue weighted by Gasteiger charge is 2.38. The molecule has 194 valence electrons. The second-order valence-electron chi connectivity index (χ2n) is 7.93. The largest absolute Gasteiger partial charge is 0.416 e. The van der Waals surface area contributed by atoms with E-state index in [1.54, 1.807) is 22.9 Å². The Morgan fingerprint density at radius 1 is 1.19 bits per heavy atom. The van der Waals surface area contributed by atoms with Crippen molar-refractivity contribution in [3.05, 3.63) is 69.2 Å². The number of carbonyl (C=O) groups is 3. The summed E-state index contributed by atoms with van der Waals surface area (Å²) in [7, 11) is -4.24. The first-order valence-electron chi connectivity index (χ1n) is 10.3. The number of halogens is 4. The molecule has 1 aliphatic rings. The van der Waals surface area contributed by atoms with E-state index >= 15 is 0 Å². The second-order valence-corrected chi connectivity index (χ2v) is 11.1. The van der Waals surface area contributed by atoms with E-state index in [0.29, 0.717) is 33.1 Å². The molecular formula is C22H16ClF3N4O5S2. The molecule has 3 aromatic rings. The molecule has 0 aliphatic carbocycles. The summed E-state index contributed by atoms with van der Waals surface area (Å²) in [6.07, 6.45) is -1.77. The lowest BCUT2D eigenvalue weighted by molar-refractivity contribution is -0.138. The van der Waals surface area contributed by atoms with Crippen molar-refractivity contribution in [2.75, 3.05) is 5.88 Å². The fourth-order valence-corrected chi connectivity index (χ4v) is 5.79. The van der Waals surface area contributed by atoms with Crippen LogP contribution < -0.4 is 4.72 Å². The lowest BCUT2D eigenvalue weighted by Gasteiger charge is -2.14. The van der Waals surface area contributed by atoms with Crippen LogP contribution in [0.1, 0.15) is 23.6 Å². The van der Waals surface area contributed by atoms with Gasteiger partial charge in [-0.1, -0.05) is 23.7 Å². The highest BCUT2D eigenvalue weighted by molar-refractivity contribution is 8.18. The number of thioether (sulfide) groups is 1. The van der Waals surface area contributed by atoms with Crippen molar-refractivity contribution >= 4 is 67.4 Å². The third kappa shape index (κ3) is 5.97. The average Bonchev–Trinajstić information content (AvgIpc) is 3.28. The van der Waals surface area contributed by atoms with Gasteiger partial charge in [-0.3, -0.25) is 28.7 Å². The minimum atomic E-state index is -4.60. The van der Waals surface area contributed by atoms with Gasteiger partial charge in [0.05, 0.1) is 28.7 Å². The van der Waals surface area contributed by atoms with E-state index in [0.717, 1.165) is 13.0 Å². The average molecular weight is 573 g/mol. The van der Waals surface area contributed by atoms with Crippen molar-refractivity contribution in [3.63, 3.8) is 0 Å². The molecular weight excluding hydrogens is 557 g/mol. The van der Waals surface area contributed by atoms with E-state index in [-0.39, 0.29) is 22.0 Å². The molecule has 2 aromatic carbocycles. The van der Waals surface area contributed by atoms with Crippen LogP contribution in [0.25, 0.3) is 17.0 Å². The van der Waals surface area contributed by atoms with Crippen LogP contribution in [-0.4, -0.2) is 46.0 Å². The van der Waals surface area contributed by atoms with Gasteiger partial charge in [-0.05, 0) is 53.2 Å². The van der Waals surface area contributed by atoms with Crippen LogP contribution in [0.5, 0.6) is 0 Å². The van der Waals surface area contributed by atoms with Gasteiger partial charge in [0, 0.05) is 17.3 Å². The van der Waals surface area contributed by atoms with Gasteiger partial charge in [0.15, 0.2) is 5.88 Å². The van der Waals surface area contributed by atoms with E-state index in [2.05, 4.69) is 5.10 Å². The summed E-state index contributed by atoms with van der Waals surface area (Å²) >= 11 is 6.28. The van der Waals surface area contributed by atoms with Crippen molar-refractivity contribution in [1.29, 1.82) is 0 Å². The maximum absolute atomic E-state index is 13.4. The minimum Gasteiger partial charge on any atom is -0.274 e. The summed E-state index contributed by atoms with van der Waals surface area (Å²) in [5.74, 6) is -2.71. The molecule has 1 aromatic heterocycles. The minimum absolute atomic E-state index is 0.0196. The number of imide groups is 1. The molecule has 1 fully saturated rings. The Hall–Kier alpha value is -3.36. The van der Waals surface area contributed by atoms with Gasteiger partial charge >= 0.3 is 6.18 Å². The molecule has 4 rings (SSSR count). The number of nitrogens with one attached hydrogen (secondary N) is 1. The fourth-order valence-electron chi connectivity index (χ4n) is 3.62. The molecule has 0 atom stereocenters. The quantitative estimate of drug-likeness (QED) is 0.439. The zero-order valence-corrected chi connectivity index (χ0v) is 21.1. The number of hydrogen-bond donors (Lipinski definition) is 1. The summed E-state index contributed by atoms with van der Waals surface area (Å²) in [6, 6.07) is 8.31. The summed E-state index contributed by atoms with van der Waals surface area (Å²) in [6.45, 7) is 0.810. The molecule has 37 heavy (non-hydrogen) atoms. The number of aromatic nitrogens is 2. The second kappa shape index (κ2) is 9.84. The number of alkyl halides is 3. The van der Waals surface area contributed by atoms with Gasteiger partial charge in [0.2, 0.25) is 5.91 Å². The SMILES string of the molecule is CC(=O)NS(=O)(=O)CN1C(=O)S/C(=C\c2ccc3c(cnn3Cc3ccc(Cl)cc3C(F)(F)F)c2)C1=O. The summed E-state index contributed by atoms with van der Waals surface area (Å²) < 4.78 is 67.3. The normalized spacial score (nSPS) is 15.7. The van der Waals surface area contributed by atoms with Crippen LogP contribution in [0.4, 0.5) is 18.0 Å². The molecule has 0 spiro atoms. The van der Waals surface area contributed by atoms with E-state index in [1.807, 2.05) is 0 Å². The van der Waals surface area contributed by atoms with E-state index < -0.39 is 44.7 Å². The van der Waals surface area contributed by atoms with Gasteiger partial charge in [-0.25, -0.2) is 8.42 Å². The molecule has 9 nitrogen and oxygen atoms in total. The zero-order chi connectivity index (χ0) is 27.1. The Morgan fingerprint density at radius 3 is 2.59 bits per heavy atom. The molecule has 1 saturated heterocycles. The third-order valence-corrected chi connectivity index (χ3v) is 7.47. The smallest absolute Gasteiger partial charge is 0.274 e. The van der Waals surface area contributed by atoms with Gasteiger partial charge in [0.1, 0.15) is 0 Å². The standard InChI is InChI=1S/C22H16ClF3N4O5S2/c1-12(31)28-37(34,35)11-29-20(32)19(36-21(29)33)7-13-2-5-18-15(6-13)9-27-30(18)10-14-3-4-16(23)8-17(14)22(24,25)26/h2-9H,10-11H2,1H3,(H,28,31)/b19-7-. The zero-order valence-electron chi connectivity index (χ0n) is 18.7. The summed E-state index contributed by atoms with van der Waals surface area (Å²) in [5.41, 5.74) is 0.116. The molecule has 0 unspecified atom stereocenters. The van der Waals surface area contributed by atoms with E-state index in [1.165, 1.54) is 29.1 Å². The molecule has 3 amide bonds. The molecule has 1 N–H and O–H groups in total. The fraction of sp³-hybridized carbons (Fsp3) is 0.182. The van der Waals surface area contributed by atoms with E-state index in [4.69, 9.17) is 11.6 Å². The van der Waals surface area contributed by atoms with Crippen LogP contribution in [-0.2, 0) is 32.3 Å². The van der Waals surface area contributed by atoms with Crippen LogP contribution in [0.15, 0.2) is 47.5 Å². The van der Waals surface area contributed by atoms with Crippen molar-refractivity contribution in [3.8, 4) is 0 Å². The first kappa shape index (κ1) is 26.7. The number of benzene rings is 2. The Morgan fingerprint density at radius 2 is 1.92 bits per heavy atom. The Kier molecular flexibility index (Phi) is 7.10. The number of nitrogens with zero attached hydrogens (tertiary/aromatic N) is 3. The molecule has 1 aliphatic heterocycles. The lowest BCUT2D eigenvalue weighted by Crippen LogP contribution is -2.40. The van der Waals surface area contributed by atoms with Gasteiger partial charge in [-0.2, -0.15) is 18.3 Å². The maximum atomic E-state index is 13.4. The Bertz CT molecular complexity index is 1580. The first-order valence-corrected chi connectivity index (χ1v) is 13.2. The number of fused-ring (bicyclic) bond motifs is 1. The number of hydrogen-bond acceptors (Lipinski definition) is 7. The van der Waals surface area contributed by atoms with Crippen molar-refractivity contribution in [2.45, 2.75) is 19.6 Å². The number of amides is 3. The highest BCUT2D eigenvalue weighted by Crippen LogP contribution is 2.35. The summed E-state index contributed by atoms with van der Waals surface area (Å²) in [4.78, 5) is 36.3. The van der Waals surface area contributed by atoms with Crippen LogP contribution in [0.3, 0.4) is 0 Å². The maximum Gasteiger partial charge on any atom is 0.416 e. The predicted molar refractivity (Wildman–Crippen MR) is 131 cm³/mol.